The van der Waals surface area contributed by atoms with Gasteiger partial charge in [-0.05, 0) is 36.4 Å². The molecule has 0 radical (unpaired) electrons. The molecule has 0 saturated heterocycles. The minimum absolute atomic E-state index is 0.511. The van der Waals surface area contributed by atoms with Gasteiger partial charge in [-0.1, -0.05) is 52.0 Å². The van der Waals surface area contributed by atoms with Crippen LogP contribution >= 0.6 is 0 Å². The summed E-state index contributed by atoms with van der Waals surface area (Å²) in [4.78, 5) is 0. The number of hydrogen-bond donors (Lipinski definition) is 1. The van der Waals surface area contributed by atoms with E-state index in [1.807, 2.05) is 0 Å². The summed E-state index contributed by atoms with van der Waals surface area (Å²) in [7, 11) is 0. The van der Waals surface area contributed by atoms with E-state index >= 15 is 0 Å². The Hall–Kier alpha value is -0.820. The van der Waals surface area contributed by atoms with E-state index in [-0.39, 0.29) is 0 Å². The lowest BCUT2D eigenvalue weighted by atomic mass is 9.95. The van der Waals surface area contributed by atoms with Gasteiger partial charge >= 0.3 is 0 Å². The van der Waals surface area contributed by atoms with Gasteiger partial charge < -0.3 is 5.32 Å². The molecule has 1 aromatic rings. The molecule has 1 unspecified atom stereocenters. The Morgan fingerprint density at radius 3 is 2.50 bits per heavy atom. The molecule has 16 heavy (non-hydrogen) atoms. The van der Waals surface area contributed by atoms with Gasteiger partial charge in [-0.15, -0.1) is 0 Å². The van der Waals surface area contributed by atoms with Gasteiger partial charge in [0.15, 0.2) is 0 Å². The van der Waals surface area contributed by atoms with Crippen molar-refractivity contribution >= 4 is 0 Å². The molecule has 0 aliphatic heterocycles. The monoisotopic (exact) mass is 219 g/mol. The van der Waals surface area contributed by atoms with Crippen LogP contribution in [0.3, 0.4) is 0 Å². The largest absolute Gasteiger partial charge is 0.310 e. The summed E-state index contributed by atoms with van der Waals surface area (Å²) in [5, 5.41) is 3.58. The van der Waals surface area contributed by atoms with E-state index in [1.165, 1.54) is 17.5 Å². The smallest absolute Gasteiger partial charge is 0.0322 e. The van der Waals surface area contributed by atoms with Crippen LogP contribution in [0.1, 0.15) is 51.3 Å². The highest BCUT2D eigenvalue weighted by Crippen LogP contribution is 2.22. The molecule has 1 nitrogen and oxygen atoms in total. The highest BCUT2D eigenvalue weighted by atomic mass is 14.9. The third kappa shape index (κ3) is 3.97. The first-order valence-electron chi connectivity index (χ1n) is 6.49. The Morgan fingerprint density at radius 1 is 1.19 bits per heavy atom. The van der Waals surface area contributed by atoms with Crippen molar-refractivity contribution in [3.63, 3.8) is 0 Å². The summed E-state index contributed by atoms with van der Waals surface area (Å²) in [6.45, 7) is 10.00. The quantitative estimate of drug-likeness (QED) is 0.764. The van der Waals surface area contributed by atoms with Crippen LogP contribution in [0.25, 0.3) is 0 Å². The summed E-state index contributed by atoms with van der Waals surface area (Å²) in [6, 6.07) is 9.49. The second-order valence-corrected chi connectivity index (χ2v) is 4.84. The van der Waals surface area contributed by atoms with E-state index in [0.717, 1.165) is 18.9 Å². The fourth-order valence-corrected chi connectivity index (χ4v) is 2.08. The Kier molecular flexibility index (Phi) is 5.54. The fourth-order valence-electron chi connectivity index (χ4n) is 2.08. The number of rotatable bonds is 6. The molecule has 0 spiro atoms. The van der Waals surface area contributed by atoms with Crippen LogP contribution in [0.4, 0.5) is 0 Å². The molecule has 0 aromatic heterocycles. The first-order valence-corrected chi connectivity index (χ1v) is 6.49. The van der Waals surface area contributed by atoms with Crippen molar-refractivity contribution in [2.75, 3.05) is 6.54 Å². The molecule has 1 aromatic carbocycles. The normalized spacial score (nSPS) is 13.1. The molecule has 0 amide bonds. The van der Waals surface area contributed by atoms with Crippen molar-refractivity contribution in [1.82, 2.24) is 5.32 Å². The molecule has 1 N–H and O–H groups in total. The number of nitrogens with one attached hydrogen (secondary N) is 1. The summed E-state index contributed by atoms with van der Waals surface area (Å²) in [5.41, 5.74) is 2.87. The van der Waals surface area contributed by atoms with Gasteiger partial charge in [0.05, 0.1) is 0 Å². The van der Waals surface area contributed by atoms with Crippen LogP contribution in [0.5, 0.6) is 0 Å². The lowest BCUT2D eigenvalue weighted by Crippen LogP contribution is -2.22. The zero-order chi connectivity index (χ0) is 12.0. The summed E-state index contributed by atoms with van der Waals surface area (Å²) in [6.07, 6.45) is 2.33. The first kappa shape index (κ1) is 13.2. The third-order valence-corrected chi connectivity index (χ3v) is 2.92. The van der Waals surface area contributed by atoms with Crippen LogP contribution in [0.15, 0.2) is 24.3 Å². The van der Waals surface area contributed by atoms with Crippen LogP contribution in [0, 0.1) is 5.92 Å². The Balaban J connectivity index is 2.82. The minimum Gasteiger partial charge on any atom is -0.310 e. The standard InChI is InChI=1S/C15H25N/c1-5-13-8-7-9-14(11-13)15(16-6-2)10-12(3)4/h7-9,11-12,15-16H,5-6,10H2,1-4H3. The molecule has 0 heterocycles. The average molecular weight is 219 g/mol. The van der Waals surface area contributed by atoms with Crippen molar-refractivity contribution in [2.45, 2.75) is 46.6 Å². The van der Waals surface area contributed by atoms with Crippen molar-refractivity contribution in [3.05, 3.63) is 35.4 Å². The molecular formula is C15H25N. The second kappa shape index (κ2) is 6.70. The third-order valence-electron chi connectivity index (χ3n) is 2.92. The Morgan fingerprint density at radius 2 is 1.94 bits per heavy atom. The van der Waals surface area contributed by atoms with Crippen LogP contribution in [-0.2, 0) is 6.42 Å². The zero-order valence-electron chi connectivity index (χ0n) is 11.1. The van der Waals surface area contributed by atoms with E-state index in [4.69, 9.17) is 0 Å². The molecule has 0 fully saturated rings. The van der Waals surface area contributed by atoms with Crippen molar-refractivity contribution in [3.8, 4) is 0 Å². The minimum atomic E-state index is 0.511. The fraction of sp³-hybridized carbons (Fsp3) is 0.600. The van der Waals surface area contributed by atoms with Crippen LogP contribution in [-0.4, -0.2) is 6.54 Å². The van der Waals surface area contributed by atoms with Crippen molar-refractivity contribution in [1.29, 1.82) is 0 Å². The number of aryl methyl sites for hydroxylation is 1. The SMILES string of the molecule is CCNC(CC(C)C)c1cccc(CC)c1. The van der Waals surface area contributed by atoms with E-state index in [2.05, 4.69) is 57.3 Å². The maximum atomic E-state index is 3.58. The molecule has 0 aliphatic rings. The number of hydrogen-bond acceptors (Lipinski definition) is 1. The van der Waals surface area contributed by atoms with Gasteiger partial charge in [-0.2, -0.15) is 0 Å². The summed E-state index contributed by atoms with van der Waals surface area (Å²) < 4.78 is 0. The van der Waals surface area contributed by atoms with Gasteiger partial charge in [-0.3, -0.25) is 0 Å². The van der Waals surface area contributed by atoms with E-state index in [1.54, 1.807) is 0 Å². The molecular weight excluding hydrogens is 194 g/mol. The van der Waals surface area contributed by atoms with Crippen LogP contribution in [0.2, 0.25) is 0 Å². The Labute approximate surface area is 100 Å². The lowest BCUT2D eigenvalue weighted by Gasteiger charge is -2.21. The molecule has 0 aliphatic carbocycles. The molecule has 90 valence electrons. The molecule has 1 atom stereocenters. The maximum Gasteiger partial charge on any atom is 0.0322 e. The van der Waals surface area contributed by atoms with E-state index < -0.39 is 0 Å². The van der Waals surface area contributed by atoms with Crippen molar-refractivity contribution < 1.29 is 0 Å². The highest BCUT2D eigenvalue weighted by molar-refractivity contribution is 5.26. The highest BCUT2D eigenvalue weighted by Gasteiger charge is 2.11. The summed E-state index contributed by atoms with van der Waals surface area (Å²) >= 11 is 0. The van der Waals surface area contributed by atoms with Gasteiger partial charge in [0.2, 0.25) is 0 Å². The van der Waals surface area contributed by atoms with Gasteiger partial charge in [0.1, 0.15) is 0 Å². The zero-order valence-corrected chi connectivity index (χ0v) is 11.1. The topological polar surface area (TPSA) is 12.0 Å². The molecule has 0 saturated carbocycles. The van der Waals surface area contributed by atoms with Crippen LogP contribution < -0.4 is 5.32 Å². The first-order chi connectivity index (χ1) is 7.67. The maximum absolute atomic E-state index is 3.58. The van der Waals surface area contributed by atoms with Gasteiger partial charge in [-0.25, -0.2) is 0 Å². The predicted molar refractivity (Wildman–Crippen MR) is 71.7 cm³/mol. The van der Waals surface area contributed by atoms with E-state index in [9.17, 15) is 0 Å². The van der Waals surface area contributed by atoms with E-state index in [0.29, 0.717) is 6.04 Å². The molecule has 1 heteroatoms. The van der Waals surface area contributed by atoms with Gasteiger partial charge in [0, 0.05) is 6.04 Å². The average Bonchev–Trinajstić information content (AvgIpc) is 2.28. The Bertz CT molecular complexity index is 304. The second-order valence-electron chi connectivity index (χ2n) is 4.84. The number of benzene rings is 1. The van der Waals surface area contributed by atoms with Gasteiger partial charge in [0.25, 0.3) is 0 Å². The lowest BCUT2D eigenvalue weighted by molar-refractivity contribution is 0.438. The summed E-state index contributed by atoms with van der Waals surface area (Å²) in [5.74, 6) is 0.731. The molecule has 0 bridgehead atoms. The van der Waals surface area contributed by atoms with Crippen molar-refractivity contribution in [2.24, 2.45) is 5.92 Å². The predicted octanol–water partition coefficient (Wildman–Crippen LogP) is 3.95. The molecule has 1 rings (SSSR count).